The van der Waals surface area contributed by atoms with Gasteiger partial charge >= 0.3 is 0 Å². The second-order valence-electron chi connectivity index (χ2n) is 10.7. The Labute approximate surface area is 230 Å². The van der Waals surface area contributed by atoms with Crippen LogP contribution in [0.3, 0.4) is 0 Å². The number of rotatable bonds is 2. The summed E-state index contributed by atoms with van der Waals surface area (Å²) in [6.45, 7) is 2.14. The van der Waals surface area contributed by atoms with E-state index in [1.54, 1.807) is 0 Å². The van der Waals surface area contributed by atoms with Crippen LogP contribution in [0.15, 0.2) is 132 Å². The molecule has 188 valence electrons. The molecule has 0 amide bonds. The van der Waals surface area contributed by atoms with Gasteiger partial charge in [-0.2, -0.15) is 0 Å². The highest BCUT2D eigenvalue weighted by molar-refractivity contribution is 6.29. The van der Waals surface area contributed by atoms with Gasteiger partial charge in [-0.15, -0.1) is 0 Å². The molecule has 0 fully saturated rings. The number of furan rings is 1. The zero-order chi connectivity index (χ0) is 26.4. The highest BCUT2D eigenvalue weighted by atomic mass is 16.3. The summed E-state index contributed by atoms with van der Waals surface area (Å²) in [6, 6.07) is 45.8. The molecular weight excluding hydrogens is 488 g/mol. The summed E-state index contributed by atoms with van der Waals surface area (Å²) in [5, 5.41) is 7.38. The highest BCUT2D eigenvalue weighted by Gasteiger charge is 2.20. The number of fused-ring (bicyclic) bond motifs is 10. The molecule has 0 saturated heterocycles. The number of aryl methyl sites for hydroxylation is 1. The molecule has 9 rings (SSSR count). The maximum Gasteiger partial charge on any atom is 0.135 e. The Morgan fingerprint density at radius 3 is 1.62 bits per heavy atom. The minimum atomic E-state index is 0.911. The predicted octanol–water partition coefficient (Wildman–Crippen LogP) is 10.1. The van der Waals surface area contributed by atoms with Crippen molar-refractivity contribution in [3.63, 3.8) is 0 Å². The van der Waals surface area contributed by atoms with Gasteiger partial charge in [-0.1, -0.05) is 72.3 Å². The van der Waals surface area contributed by atoms with Crippen LogP contribution >= 0.6 is 0 Å². The van der Waals surface area contributed by atoms with Crippen LogP contribution in [0.25, 0.3) is 76.9 Å². The zero-order valence-corrected chi connectivity index (χ0v) is 21.9. The van der Waals surface area contributed by atoms with Crippen LogP contribution < -0.4 is 0 Å². The van der Waals surface area contributed by atoms with Crippen molar-refractivity contribution in [3.8, 4) is 11.4 Å². The van der Waals surface area contributed by atoms with Crippen LogP contribution in [0.5, 0.6) is 0 Å². The molecule has 3 heteroatoms. The number of benzene rings is 6. The van der Waals surface area contributed by atoms with E-state index >= 15 is 0 Å². The lowest BCUT2D eigenvalue weighted by molar-refractivity contribution is 0.669. The van der Waals surface area contributed by atoms with Crippen LogP contribution in [0.1, 0.15) is 5.56 Å². The smallest absolute Gasteiger partial charge is 0.135 e. The van der Waals surface area contributed by atoms with Crippen LogP contribution in [0, 0.1) is 6.92 Å². The fraction of sp³-hybridized carbons (Fsp3) is 0.0270. The lowest BCUT2D eigenvalue weighted by atomic mass is 10.1. The molecule has 0 aliphatic rings. The first-order chi connectivity index (χ1) is 19.8. The molecule has 3 aromatic heterocycles. The van der Waals surface area contributed by atoms with Gasteiger partial charge in [0, 0.05) is 43.7 Å². The molecule has 0 aliphatic heterocycles. The number of hydrogen-bond acceptors (Lipinski definition) is 1. The molecule has 0 aliphatic carbocycles. The summed E-state index contributed by atoms with van der Waals surface area (Å²) >= 11 is 0. The molecular formula is C37H24N2O. The van der Waals surface area contributed by atoms with Crippen molar-refractivity contribution >= 4 is 65.6 Å². The fourth-order valence-electron chi connectivity index (χ4n) is 6.62. The Morgan fingerprint density at radius 1 is 0.425 bits per heavy atom. The number of hydrogen-bond donors (Lipinski definition) is 0. The van der Waals surface area contributed by atoms with Crippen molar-refractivity contribution in [3.05, 3.63) is 133 Å². The van der Waals surface area contributed by atoms with Crippen LogP contribution in [-0.4, -0.2) is 9.13 Å². The van der Waals surface area contributed by atoms with Gasteiger partial charge < -0.3 is 13.6 Å². The number of para-hydroxylation sites is 3. The van der Waals surface area contributed by atoms with E-state index in [-0.39, 0.29) is 0 Å². The van der Waals surface area contributed by atoms with Gasteiger partial charge in [0.05, 0.1) is 22.1 Å². The van der Waals surface area contributed by atoms with Gasteiger partial charge in [0.1, 0.15) is 11.2 Å². The molecule has 0 N–H and O–H groups in total. The molecule has 40 heavy (non-hydrogen) atoms. The third-order valence-electron chi connectivity index (χ3n) is 8.38. The maximum atomic E-state index is 6.15. The fourth-order valence-corrected chi connectivity index (χ4v) is 6.62. The maximum absolute atomic E-state index is 6.15. The lowest BCUT2D eigenvalue weighted by Crippen LogP contribution is -1.95. The molecule has 0 spiro atoms. The van der Waals surface area contributed by atoms with E-state index in [1.807, 2.05) is 12.1 Å². The molecule has 9 aromatic rings. The van der Waals surface area contributed by atoms with Gasteiger partial charge in [0.25, 0.3) is 0 Å². The SMILES string of the molecule is Cc1ccc(-n2c3ccccc3c3c4c5ccccc5n(-c5ccc6oc7ccccc7c6c5)c4ccc32)cc1. The standard InChI is InChI=1S/C37H24N2O/c1-23-14-16-24(17-15-23)38-30-11-5-2-9-27(30)36-32(38)19-20-33-37(36)28-10-3-6-12-31(28)39(33)25-18-21-35-29(22-25)26-8-4-7-13-34(26)40-35/h2-22H,1H3. The van der Waals surface area contributed by atoms with E-state index in [9.17, 15) is 0 Å². The van der Waals surface area contributed by atoms with Crippen molar-refractivity contribution < 1.29 is 4.42 Å². The first-order valence-electron chi connectivity index (χ1n) is 13.7. The van der Waals surface area contributed by atoms with E-state index in [1.165, 1.54) is 54.9 Å². The second kappa shape index (κ2) is 7.87. The van der Waals surface area contributed by atoms with E-state index in [2.05, 4.69) is 131 Å². The summed E-state index contributed by atoms with van der Waals surface area (Å²) in [5.41, 5.74) is 10.2. The molecule has 0 unspecified atom stereocenters. The van der Waals surface area contributed by atoms with Gasteiger partial charge in [0.15, 0.2) is 0 Å². The van der Waals surface area contributed by atoms with Gasteiger partial charge in [-0.05, 0) is 67.6 Å². The number of aromatic nitrogens is 2. The van der Waals surface area contributed by atoms with E-state index in [0.717, 1.165) is 27.6 Å². The minimum Gasteiger partial charge on any atom is -0.456 e. The topological polar surface area (TPSA) is 23.0 Å². The van der Waals surface area contributed by atoms with Crippen LogP contribution in [0.2, 0.25) is 0 Å². The van der Waals surface area contributed by atoms with E-state index in [0.29, 0.717) is 0 Å². The van der Waals surface area contributed by atoms with E-state index < -0.39 is 0 Å². The Morgan fingerprint density at radius 2 is 0.950 bits per heavy atom. The number of nitrogens with zero attached hydrogens (tertiary/aromatic N) is 2. The van der Waals surface area contributed by atoms with Crippen molar-refractivity contribution in [2.45, 2.75) is 6.92 Å². The normalized spacial score (nSPS) is 12.1. The van der Waals surface area contributed by atoms with Crippen molar-refractivity contribution in [1.29, 1.82) is 0 Å². The lowest BCUT2D eigenvalue weighted by Gasteiger charge is -2.10. The molecule has 3 heterocycles. The largest absolute Gasteiger partial charge is 0.456 e. The Kier molecular flexibility index (Phi) is 4.26. The first-order valence-corrected chi connectivity index (χ1v) is 13.7. The summed E-state index contributed by atoms with van der Waals surface area (Å²) in [5.74, 6) is 0. The average Bonchev–Trinajstić information content (AvgIpc) is 3.65. The summed E-state index contributed by atoms with van der Waals surface area (Å²) in [6.07, 6.45) is 0. The summed E-state index contributed by atoms with van der Waals surface area (Å²) in [4.78, 5) is 0. The third kappa shape index (κ3) is 2.84. The average molecular weight is 513 g/mol. The van der Waals surface area contributed by atoms with E-state index in [4.69, 9.17) is 4.42 Å². The molecule has 6 aromatic carbocycles. The summed E-state index contributed by atoms with van der Waals surface area (Å²) in [7, 11) is 0. The quantitative estimate of drug-likeness (QED) is 0.226. The third-order valence-corrected chi connectivity index (χ3v) is 8.38. The Hall–Kier alpha value is -5.28. The van der Waals surface area contributed by atoms with Crippen LogP contribution in [0.4, 0.5) is 0 Å². The Balaban J connectivity index is 1.43. The predicted molar refractivity (Wildman–Crippen MR) is 167 cm³/mol. The molecule has 0 radical (unpaired) electrons. The molecule has 0 atom stereocenters. The zero-order valence-electron chi connectivity index (χ0n) is 21.9. The van der Waals surface area contributed by atoms with Gasteiger partial charge in [-0.3, -0.25) is 0 Å². The van der Waals surface area contributed by atoms with Crippen molar-refractivity contribution in [1.82, 2.24) is 9.13 Å². The first kappa shape index (κ1) is 21.6. The minimum absolute atomic E-state index is 0.911. The Bertz CT molecular complexity index is 2430. The second-order valence-corrected chi connectivity index (χ2v) is 10.7. The molecule has 0 saturated carbocycles. The van der Waals surface area contributed by atoms with Gasteiger partial charge in [-0.25, -0.2) is 0 Å². The summed E-state index contributed by atoms with van der Waals surface area (Å²) < 4.78 is 11.0. The highest BCUT2D eigenvalue weighted by Crippen LogP contribution is 2.42. The molecule has 0 bridgehead atoms. The van der Waals surface area contributed by atoms with Crippen LogP contribution in [-0.2, 0) is 0 Å². The monoisotopic (exact) mass is 512 g/mol. The van der Waals surface area contributed by atoms with Crippen molar-refractivity contribution in [2.75, 3.05) is 0 Å². The van der Waals surface area contributed by atoms with Gasteiger partial charge in [0.2, 0.25) is 0 Å². The van der Waals surface area contributed by atoms with Crippen molar-refractivity contribution in [2.24, 2.45) is 0 Å². The molecule has 3 nitrogen and oxygen atoms in total.